The first-order valence-corrected chi connectivity index (χ1v) is 9.03. The molecule has 4 rings (SSSR count). The maximum atomic E-state index is 12.6. The van der Waals surface area contributed by atoms with Crippen LogP contribution < -0.4 is 11.2 Å². The lowest BCUT2D eigenvalue weighted by Crippen LogP contribution is -2.44. The first-order chi connectivity index (χ1) is 12.2. The Labute approximate surface area is 147 Å². The number of nitrogens with two attached hydrogens (primary N) is 1. The van der Waals surface area contributed by atoms with E-state index in [1.165, 1.54) is 10.9 Å². The van der Waals surface area contributed by atoms with Gasteiger partial charge in [-0.1, -0.05) is 0 Å². The smallest absolute Gasteiger partial charge is 0.325 e. The Morgan fingerprint density at radius 1 is 1.50 bits per heavy atom. The molecule has 3 amide bonds. The van der Waals surface area contributed by atoms with E-state index < -0.39 is 34.4 Å². The van der Waals surface area contributed by atoms with Crippen LogP contribution in [0.25, 0.3) is 0 Å². The van der Waals surface area contributed by atoms with E-state index in [0.717, 1.165) is 4.90 Å². The van der Waals surface area contributed by atoms with Crippen LogP contribution >= 0.6 is 0 Å². The van der Waals surface area contributed by atoms with E-state index in [-0.39, 0.29) is 18.7 Å². The van der Waals surface area contributed by atoms with Crippen molar-refractivity contribution in [3.05, 3.63) is 17.5 Å². The van der Waals surface area contributed by atoms with Crippen molar-refractivity contribution in [1.29, 1.82) is 0 Å². The summed E-state index contributed by atoms with van der Waals surface area (Å²) in [5.41, 5.74) is 8.72. The van der Waals surface area contributed by atoms with Gasteiger partial charge in [-0.3, -0.25) is 18.9 Å². The Morgan fingerprint density at radius 2 is 2.19 bits per heavy atom. The minimum Gasteiger partial charge on any atom is -0.325 e. The summed E-state index contributed by atoms with van der Waals surface area (Å²) in [6.07, 6.45) is 1.74. The zero-order valence-corrected chi connectivity index (χ0v) is 14.3. The van der Waals surface area contributed by atoms with Crippen LogP contribution in [0.2, 0.25) is 0 Å². The van der Waals surface area contributed by atoms with Crippen LogP contribution in [-0.2, 0) is 31.4 Å². The van der Waals surface area contributed by atoms with Gasteiger partial charge < -0.3 is 10.6 Å². The molecule has 26 heavy (non-hydrogen) atoms. The van der Waals surface area contributed by atoms with Crippen molar-refractivity contribution < 1.29 is 31.7 Å². The normalized spacial score (nSPS) is 29.7. The first kappa shape index (κ1) is 17.2. The number of nitrogens with one attached hydrogen (secondary N) is 1. The molecule has 3 heterocycles. The summed E-state index contributed by atoms with van der Waals surface area (Å²) in [7, 11) is -3.34. The van der Waals surface area contributed by atoms with E-state index in [9.17, 15) is 18.0 Å². The Balaban J connectivity index is 1.65. The van der Waals surface area contributed by atoms with E-state index in [1.54, 1.807) is 7.05 Å². The van der Waals surface area contributed by atoms with Crippen molar-refractivity contribution in [2.75, 3.05) is 6.54 Å². The molecule has 4 atom stereocenters. The molecular formula is C12H16N6O7S. The lowest BCUT2D eigenvalue weighted by Gasteiger charge is -2.29. The number of carbonyl (C=O) groups excluding carboxylic acids is 2. The molecule has 1 aromatic rings. The first-order valence-electron chi connectivity index (χ1n) is 7.67. The molecule has 1 aliphatic carbocycles. The van der Waals surface area contributed by atoms with Crippen LogP contribution in [0.3, 0.4) is 0 Å². The second-order valence-electron chi connectivity index (χ2n) is 6.31. The molecular weight excluding hydrogens is 372 g/mol. The number of carbonyl (C=O) groups is 2. The number of nitrogens with zero attached hydrogens (tertiary/aromatic N) is 4. The number of amides is 3. The summed E-state index contributed by atoms with van der Waals surface area (Å²) in [5.74, 6) is -0.630. The summed E-state index contributed by atoms with van der Waals surface area (Å²) in [6, 6.07) is -2.97. The number of hydrogen-bond acceptors (Lipinski definition) is 8. The lowest BCUT2D eigenvalue weighted by atomic mass is 9.97. The molecule has 2 fully saturated rings. The topological polar surface area (TPSA) is 169 Å². The number of hydrogen-bond donors (Lipinski definition) is 3. The molecule has 1 saturated heterocycles. The van der Waals surface area contributed by atoms with Crippen LogP contribution in [0, 0.1) is 0 Å². The van der Waals surface area contributed by atoms with Crippen LogP contribution in [-0.4, -0.2) is 63.3 Å². The van der Waals surface area contributed by atoms with Gasteiger partial charge in [0.15, 0.2) is 6.04 Å². The quantitative estimate of drug-likeness (QED) is 0.386. The highest BCUT2D eigenvalue weighted by atomic mass is 32.3. The fourth-order valence-corrected chi connectivity index (χ4v) is 3.58. The number of rotatable bonds is 5. The molecule has 1 saturated carbocycles. The predicted molar refractivity (Wildman–Crippen MR) is 80.9 cm³/mol. The van der Waals surface area contributed by atoms with Crippen molar-refractivity contribution in [3.8, 4) is 0 Å². The minimum atomic E-state index is -4.92. The highest BCUT2D eigenvalue weighted by molar-refractivity contribution is 7.80. The van der Waals surface area contributed by atoms with Crippen molar-refractivity contribution >= 4 is 22.3 Å². The van der Waals surface area contributed by atoms with Crippen molar-refractivity contribution in [1.82, 2.24) is 25.2 Å². The van der Waals surface area contributed by atoms with E-state index in [2.05, 4.69) is 14.9 Å². The van der Waals surface area contributed by atoms with Gasteiger partial charge in [0, 0.05) is 18.7 Å². The zero-order chi connectivity index (χ0) is 18.8. The number of hydroxylamine groups is 3. The summed E-state index contributed by atoms with van der Waals surface area (Å²) >= 11 is 0. The molecule has 0 aromatic carbocycles. The maximum absolute atomic E-state index is 12.6. The Morgan fingerprint density at radius 3 is 2.81 bits per heavy atom. The van der Waals surface area contributed by atoms with Gasteiger partial charge in [-0.15, -0.1) is 4.28 Å². The third-order valence-corrected chi connectivity index (χ3v) is 4.89. The SMILES string of the molecule is Cn1ncc2c1C(C(=O)NOC1CC1N)N1CC2N(OS(=O)(=O)O)C1=O. The van der Waals surface area contributed by atoms with Crippen LogP contribution in [0.15, 0.2) is 6.20 Å². The van der Waals surface area contributed by atoms with E-state index >= 15 is 0 Å². The summed E-state index contributed by atoms with van der Waals surface area (Å²) in [5, 5.41) is 4.58. The fourth-order valence-electron chi connectivity index (χ4n) is 3.21. The van der Waals surface area contributed by atoms with Gasteiger partial charge in [0.2, 0.25) is 0 Å². The molecule has 1 aromatic heterocycles. The van der Waals surface area contributed by atoms with Gasteiger partial charge in [-0.25, -0.2) is 10.3 Å². The average Bonchev–Trinajstić information content (AvgIpc) is 3.04. The van der Waals surface area contributed by atoms with Gasteiger partial charge >= 0.3 is 16.4 Å². The summed E-state index contributed by atoms with van der Waals surface area (Å²) in [6.45, 7) is -0.0198. The van der Waals surface area contributed by atoms with E-state index in [1.807, 2.05) is 0 Å². The molecule has 0 spiro atoms. The second kappa shape index (κ2) is 5.62. The van der Waals surface area contributed by atoms with Gasteiger partial charge in [-0.2, -0.15) is 18.6 Å². The Hall–Kier alpha value is -2.26. The summed E-state index contributed by atoms with van der Waals surface area (Å²) < 4.78 is 36.8. The van der Waals surface area contributed by atoms with Gasteiger partial charge in [0.05, 0.1) is 18.4 Å². The monoisotopic (exact) mass is 388 g/mol. The highest BCUT2D eigenvalue weighted by Crippen LogP contribution is 2.44. The Bertz CT molecular complexity index is 885. The fraction of sp³-hybridized carbons (Fsp3) is 0.583. The third kappa shape index (κ3) is 2.71. The molecule has 2 bridgehead atoms. The molecule has 14 heteroatoms. The zero-order valence-electron chi connectivity index (χ0n) is 13.5. The lowest BCUT2D eigenvalue weighted by molar-refractivity contribution is -0.140. The Kier molecular flexibility index (Phi) is 3.71. The number of aromatic nitrogens is 2. The van der Waals surface area contributed by atoms with Crippen LogP contribution in [0.1, 0.15) is 29.8 Å². The molecule has 4 N–H and O–H groups in total. The molecule has 142 valence electrons. The number of fused-ring (bicyclic) bond motifs is 4. The average molecular weight is 388 g/mol. The van der Waals surface area contributed by atoms with E-state index in [4.69, 9.17) is 15.1 Å². The van der Waals surface area contributed by atoms with Crippen molar-refractivity contribution in [2.45, 2.75) is 30.7 Å². The minimum absolute atomic E-state index is 0.0198. The van der Waals surface area contributed by atoms with Gasteiger partial charge in [0.25, 0.3) is 5.91 Å². The van der Waals surface area contributed by atoms with Crippen molar-refractivity contribution in [3.63, 3.8) is 0 Å². The third-order valence-electron chi connectivity index (χ3n) is 4.54. The standard InChI is InChI=1S/C12H16N6O7S/c1-16-9-5(3-14-16)7-4-17(12(20)18(7)25-26(21,22)23)10(9)11(19)15-24-8-2-6(8)13/h3,6-8,10H,2,4,13H2,1H3,(H,15,19)(H,21,22,23). The molecule has 2 aliphatic heterocycles. The number of urea groups is 1. The molecule has 4 unspecified atom stereocenters. The second-order valence-corrected chi connectivity index (χ2v) is 7.32. The van der Waals surface area contributed by atoms with Crippen LogP contribution in [0.4, 0.5) is 4.79 Å². The number of aryl methyl sites for hydroxylation is 1. The molecule has 3 aliphatic rings. The highest BCUT2D eigenvalue weighted by Gasteiger charge is 2.54. The maximum Gasteiger partial charge on any atom is 0.418 e. The van der Waals surface area contributed by atoms with Crippen LogP contribution in [0.5, 0.6) is 0 Å². The molecule has 0 radical (unpaired) electrons. The van der Waals surface area contributed by atoms with Crippen molar-refractivity contribution in [2.24, 2.45) is 12.8 Å². The molecule has 13 nitrogen and oxygen atoms in total. The largest absolute Gasteiger partial charge is 0.418 e. The van der Waals surface area contributed by atoms with Gasteiger partial charge in [0.1, 0.15) is 12.1 Å². The van der Waals surface area contributed by atoms with Gasteiger partial charge in [-0.05, 0) is 6.42 Å². The predicted octanol–water partition coefficient (Wildman–Crippen LogP) is -1.86. The summed E-state index contributed by atoms with van der Waals surface area (Å²) in [4.78, 5) is 31.5. The van der Waals surface area contributed by atoms with E-state index in [0.29, 0.717) is 22.7 Å².